The monoisotopic (exact) mass is 328 g/mol. The molecule has 1 fully saturated rings. The van der Waals surface area contributed by atoms with Crippen LogP contribution in [0.15, 0.2) is 18.6 Å². The molecule has 0 saturated carbocycles. The van der Waals surface area contributed by atoms with Crippen LogP contribution in [0.3, 0.4) is 0 Å². The lowest BCUT2D eigenvalue weighted by molar-refractivity contribution is 0.0746. The number of aliphatic hydroxyl groups is 1. The fourth-order valence-corrected chi connectivity index (χ4v) is 3.53. The third-order valence-corrected chi connectivity index (χ3v) is 4.83. The Morgan fingerprint density at radius 3 is 3.00 bits per heavy atom. The Balaban J connectivity index is 1.47. The van der Waals surface area contributed by atoms with Gasteiger partial charge in [-0.25, -0.2) is 0 Å². The number of aromatic nitrogens is 5. The van der Waals surface area contributed by atoms with Gasteiger partial charge in [-0.15, -0.1) is 10.2 Å². The van der Waals surface area contributed by atoms with Gasteiger partial charge in [0, 0.05) is 50.6 Å². The van der Waals surface area contributed by atoms with Crippen LogP contribution in [0.4, 0.5) is 0 Å². The number of nitrogens with zero attached hydrogens (tertiary/aromatic N) is 6. The van der Waals surface area contributed by atoms with Gasteiger partial charge in [-0.2, -0.15) is 0 Å². The van der Waals surface area contributed by atoms with E-state index in [1.807, 2.05) is 4.57 Å². The Morgan fingerprint density at radius 2 is 2.17 bits per heavy atom. The molecule has 2 aromatic heterocycles. The Labute approximate surface area is 139 Å². The van der Waals surface area contributed by atoms with E-state index in [-0.39, 0.29) is 11.8 Å². The maximum atomic E-state index is 12.8. The molecule has 4 rings (SSSR count). The summed E-state index contributed by atoms with van der Waals surface area (Å²) in [5.41, 5.74) is 0.829. The highest BCUT2D eigenvalue weighted by Gasteiger charge is 2.36. The lowest BCUT2D eigenvalue weighted by atomic mass is 10.0. The van der Waals surface area contributed by atoms with Crippen molar-refractivity contribution in [3.63, 3.8) is 0 Å². The summed E-state index contributed by atoms with van der Waals surface area (Å²) in [6.07, 6.45) is 8.03. The lowest BCUT2D eigenvalue weighted by Gasteiger charge is -2.18. The predicted molar refractivity (Wildman–Crippen MR) is 84.1 cm³/mol. The van der Waals surface area contributed by atoms with E-state index < -0.39 is 6.10 Å². The minimum Gasteiger partial charge on any atom is -0.391 e. The first-order valence-corrected chi connectivity index (χ1v) is 8.36. The van der Waals surface area contributed by atoms with Gasteiger partial charge in [0.15, 0.2) is 0 Å². The minimum absolute atomic E-state index is 0.0330. The van der Waals surface area contributed by atoms with Gasteiger partial charge in [-0.05, 0) is 19.3 Å². The van der Waals surface area contributed by atoms with Gasteiger partial charge < -0.3 is 14.6 Å². The quantitative estimate of drug-likeness (QED) is 0.857. The van der Waals surface area contributed by atoms with Gasteiger partial charge in [0.05, 0.1) is 11.8 Å². The molecule has 8 heteroatoms. The lowest BCUT2D eigenvalue weighted by Crippen LogP contribution is -2.32. The topological polar surface area (TPSA) is 97.0 Å². The van der Waals surface area contributed by atoms with Gasteiger partial charge in [0.2, 0.25) is 5.82 Å². The second-order valence-corrected chi connectivity index (χ2v) is 6.49. The van der Waals surface area contributed by atoms with Gasteiger partial charge in [-0.3, -0.25) is 14.8 Å². The molecule has 2 aliphatic rings. The van der Waals surface area contributed by atoms with E-state index >= 15 is 0 Å². The Bertz CT molecular complexity index is 731. The number of carbonyl (C=O) groups excluding carboxylic acids is 1. The normalized spacial score (nSPS) is 23.3. The summed E-state index contributed by atoms with van der Waals surface area (Å²) in [5.74, 6) is 1.11. The van der Waals surface area contributed by atoms with Crippen LogP contribution in [-0.2, 0) is 19.4 Å². The summed E-state index contributed by atoms with van der Waals surface area (Å²) < 4.78 is 1.92. The molecule has 2 atom stereocenters. The third kappa shape index (κ3) is 2.77. The van der Waals surface area contributed by atoms with Crippen molar-refractivity contribution in [2.45, 2.75) is 38.3 Å². The molecule has 0 aromatic carbocycles. The molecule has 1 saturated heterocycles. The average molecular weight is 328 g/mol. The molecular formula is C16H20N6O2. The number of likely N-dealkylation sites (tertiary alicyclic amines) is 1. The standard InChI is InChI=1S/C16H20N6O2/c23-13-10-21(9-11(13)7-12-8-17-4-5-18-12)16(24)15-20-19-14-3-1-2-6-22(14)15/h4-5,8,11,13,23H,1-3,6-7,9-10H2/t11-,13-/m1/s1. The smallest absolute Gasteiger partial charge is 0.291 e. The first kappa shape index (κ1) is 15.2. The van der Waals surface area contributed by atoms with Crippen molar-refractivity contribution in [3.8, 4) is 0 Å². The van der Waals surface area contributed by atoms with Gasteiger partial charge in [0.25, 0.3) is 5.91 Å². The molecule has 24 heavy (non-hydrogen) atoms. The van der Waals surface area contributed by atoms with Crippen molar-refractivity contribution in [2.24, 2.45) is 5.92 Å². The van der Waals surface area contributed by atoms with Crippen LogP contribution < -0.4 is 0 Å². The fourth-order valence-electron chi connectivity index (χ4n) is 3.53. The van der Waals surface area contributed by atoms with Crippen molar-refractivity contribution in [2.75, 3.05) is 13.1 Å². The second-order valence-electron chi connectivity index (χ2n) is 6.49. The molecule has 0 spiro atoms. The Morgan fingerprint density at radius 1 is 1.25 bits per heavy atom. The van der Waals surface area contributed by atoms with E-state index in [0.29, 0.717) is 25.3 Å². The fraction of sp³-hybridized carbons (Fsp3) is 0.562. The highest BCUT2D eigenvalue weighted by Crippen LogP contribution is 2.23. The van der Waals surface area contributed by atoms with Crippen LogP contribution in [0.5, 0.6) is 0 Å². The van der Waals surface area contributed by atoms with Crippen molar-refractivity contribution in [3.05, 3.63) is 35.9 Å². The largest absolute Gasteiger partial charge is 0.391 e. The Kier molecular flexibility index (Phi) is 3.97. The summed E-state index contributed by atoms with van der Waals surface area (Å²) in [6.45, 7) is 1.62. The summed E-state index contributed by atoms with van der Waals surface area (Å²) in [4.78, 5) is 22.8. The number of amides is 1. The zero-order valence-electron chi connectivity index (χ0n) is 13.4. The zero-order chi connectivity index (χ0) is 16.5. The second kappa shape index (κ2) is 6.27. The van der Waals surface area contributed by atoms with Crippen molar-refractivity contribution in [1.82, 2.24) is 29.6 Å². The number of aryl methyl sites for hydroxylation is 1. The molecule has 2 aliphatic heterocycles. The predicted octanol–water partition coefficient (Wildman–Crippen LogP) is 0.0800. The molecule has 0 aliphatic carbocycles. The van der Waals surface area contributed by atoms with Crippen molar-refractivity contribution in [1.29, 1.82) is 0 Å². The number of fused-ring (bicyclic) bond motifs is 1. The van der Waals surface area contributed by atoms with Gasteiger partial charge in [-0.1, -0.05) is 0 Å². The number of rotatable bonds is 3. The first-order chi connectivity index (χ1) is 11.7. The van der Waals surface area contributed by atoms with Crippen LogP contribution >= 0.6 is 0 Å². The maximum absolute atomic E-state index is 12.8. The average Bonchev–Trinajstić information content (AvgIpc) is 3.19. The van der Waals surface area contributed by atoms with Gasteiger partial charge in [0.1, 0.15) is 5.82 Å². The number of hydrogen-bond donors (Lipinski definition) is 1. The molecule has 1 N–H and O–H groups in total. The summed E-state index contributed by atoms with van der Waals surface area (Å²) >= 11 is 0. The first-order valence-electron chi connectivity index (χ1n) is 8.36. The van der Waals surface area contributed by atoms with Crippen molar-refractivity contribution < 1.29 is 9.90 Å². The van der Waals surface area contributed by atoms with E-state index in [2.05, 4.69) is 20.2 Å². The SMILES string of the molecule is O=C(c1nnc2n1CCCC2)N1C[C@@H](Cc2cnccn2)[C@H](O)C1. The number of β-amino-alcohol motifs (C(OH)–C–C–N with tert-alkyl or cyclic N) is 1. The molecule has 126 valence electrons. The zero-order valence-corrected chi connectivity index (χ0v) is 13.4. The molecule has 2 aromatic rings. The van der Waals surface area contributed by atoms with E-state index in [0.717, 1.165) is 37.3 Å². The van der Waals surface area contributed by atoms with Crippen LogP contribution in [0.25, 0.3) is 0 Å². The van der Waals surface area contributed by atoms with E-state index in [4.69, 9.17) is 0 Å². The van der Waals surface area contributed by atoms with E-state index in [9.17, 15) is 9.90 Å². The molecule has 0 bridgehead atoms. The summed E-state index contributed by atoms with van der Waals surface area (Å²) in [6, 6.07) is 0. The minimum atomic E-state index is -0.556. The molecule has 0 unspecified atom stereocenters. The summed E-state index contributed by atoms with van der Waals surface area (Å²) in [5, 5.41) is 18.6. The molecule has 0 radical (unpaired) electrons. The molecular weight excluding hydrogens is 308 g/mol. The van der Waals surface area contributed by atoms with Crippen LogP contribution in [0, 0.1) is 5.92 Å². The molecule has 8 nitrogen and oxygen atoms in total. The van der Waals surface area contributed by atoms with E-state index in [1.165, 1.54) is 0 Å². The van der Waals surface area contributed by atoms with Crippen LogP contribution in [0.1, 0.15) is 35.0 Å². The van der Waals surface area contributed by atoms with Crippen molar-refractivity contribution >= 4 is 5.91 Å². The number of aliphatic hydroxyl groups excluding tert-OH is 1. The summed E-state index contributed by atoms with van der Waals surface area (Å²) in [7, 11) is 0. The van der Waals surface area contributed by atoms with E-state index in [1.54, 1.807) is 23.5 Å². The maximum Gasteiger partial charge on any atom is 0.291 e. The number of hydrogen-bond acceptors (Lipinski definition) is 6. The molecule has 4 heterocycles. The van der Waals surface area contributed by atoms with Gasteiger partial charge >= 0.3 is 0 Å². The molecule has 1 amide bonds. The van der Waals surface area contributed by atoms with Crippen LogP contribution in [0.2, 0.25) is 0 Å². The third-order valence-electron chi connectivity index (χ3n) is 4.83. The number of carbonyl (C=O) groups is 1. The Hall–Kier alpha value is -2.35. The highest BCUT2D eigenvalue weighted by atomic mass is 16.3. The highest BCUT2D eigenvalue weighted by molar-refractivity contribution is 5.91. The van der Waals surface area contributed by atoms with Crippen LogP contribution in [-0.4, -0.2) is 59.8 Å².